The number of sulfonamides is 1. The molecule has 0 saturated heterocycles. The van der Waals surface area contributed by atoms with Gasteiger partial charge in [-0.3, -0.25) is 4.68 Å². The summed E-state index contributed by atoms with van der Waals surface area (Å²) < 4.78 is 28.3. The highest BCUT2D eigenvalue weighted by Gasteiger charge is 2.15. The Morgan fingerprint density at radius 2 is 1.81 bits per heavy atom. The SMILES string of the molecule is Cc1nn(C)cc1Nc1ccc(S(=O)(=O)NC(C)C)cc1. The van der Waals surface area contributed by atoms with Gasteiger partial charge in [0.05, 0.1) is 16.3 Å². The highest BCUT2D eigenvalue weighted by molar-refractivity contribution is 7.89. The van der Waals surface area contributed by atoms with Gasteiger partial charge in [-0.1, -0.05) is 0 Å². The minimum Gasteiger partial charge on any atom is -0.353 e. The van der Waals surface area contributed by atoms with Crippen LogP contribution >= 0.6 is 0 Å². The van der Waals surface area contributed by atoms with Gasteiger partial charge in [0.2, 0.25) is 10.0 Å². The van der Waals surface area contributed by atoms with Crippen LogP contribution in [-0.2, 0) is 17.1 Å². The summed E-state index contributed by atoms with van der Waals surface area (Å²) in [5.74, 6) is 0. The molecule has 1 heterocycles. The van der Waals surface area contributed by atoms with Crippen molar-refractivity contribution in [3.63, 3.8) is 0 Å². The number of nitrogens with zero attached hydrogens (tertiary/aromatic N) is 2. The Balaban J connectivity index is 2.18. The fourth-order valence-electron chi connectivity index (χ4n) is 1.97. The van der Waals surface area contributed by atoms with E-state index in [0.717, 1.165) is 17.1 Å². The zero-order valence-electron chi connectivity index (χ0n) is 12.6. The van der Waals surface area contributed by atoms with Crippen LogP contribution in [0.5, 0.6) is 0 Å². The second-order valence-electron chi connectivity index (χ2n) is 5.23. The number of rotatable bonds is 5. The molecular weight excluding hydrogens is 288 g/mol. The van der Waals surface area contributed by atoms with Gasteiger partial charge in [-0.2, -0.15) is 5.10 Å². The third-order valence-electron chi connectivity index (χ3n) is 2.85. The van der Waals surface area contributed by atoms with Gasteiger partial charge >= 0.3 is 0 Å². The molecular formula is C14H20N4O2S. The smallest absolute Gasteiger partial charge is 0.240 e. The van der Waals surface area contributed by atoms with Crippen LogP contribution in [0.4, 0.5) is 11.4 Å². The van der Waals surface area contributed by atoms with Gasteiger partial charge in [-0.25, -0.2) is 13.1 Å². The normalized spacial score (nSPS) is 11.9. The van der Waals surface area contributed by atoms with E-state index in [1.54, 1.807) is 42.8 Å². The predicted molar refractivity (Wildman–Crippen MR) is 83.1 cm³/mol. The second kappa shape index (κ2) is 5.87. The molecule has 1 aromatic heterocycles. The van der Waals surface area contributed by atoms with E-state index in [-0.39, 0.29) is 10.9 Å². The van der Waals surface area contributed by atoms with Crippen molar-refractivity contribution in [3.05, 3.63) is 36.2 Å². The maximum atomic E-state index is 12.0. The van der Waals surface area contributed by atoms with E-state index in [1.807, 2.05) is 20.2 Å². The van der Waals surface area contributed by atoms with Crippen molar-refractivity contribution in [1.82, 2.24) is 14.5 Å². The zero-order valence-corrected chi connectivity index (χ0v) is 13.4. The topological polar surface area (TPSA) is 76.0 Å². The standard InChI is InChI=1S/C14H20N4O2S/c1-10(2)17-21(19,20)13-7-5-12(6-8-13)15-14-9-18(4)16-11(14)3/h5-10,15,17H,1-4H3. The molecule has 0 unspecified atom stereocenters. The summed E-state index contributed by atoms with van der Waals surface area (Å²) in [6.45, 7) is 5.49. The maximum absolute atomic E-state index is 12.0. The molecule has 0 atom stereocenters. The number of hydrogen-bond donors (Lipinski definition) is 2. The quantitative estimate of drug-likeness (QED) is 0.887. The van der Waals surface area contributed by atoms with Crippen molar-refractivity contribution in [2.45, 2.75) is 31.7 Å². The van der Waals surface area contributed by atoms with Gasteiger partial charge in [0.1, 0.15) is 0 Å². The first kappa shape index (κ1) is 15.5. The fourth-order valence-corrected chi connectivity index (χ4v) is 3.22. The predicted octanol–water partition coefficient (Wildman–Crippen LogP) is 2.16. The number of anilines is 2. The molecule has 0 radical (unpaired) electrons. The molecule has 2 rings (SSSR count). The number of aryl methyl sites for hydroxylation is 2. The molecule has 0 fully saturated rings. The highest BCUT2D eigenvalue weighted by atomic mass is 32.2. The molecule has 0 spiro atoms. The fraction of sp³-hybridized carbons (Fsp3) is 0.357. The second-order valence-corrected chi connectivity index (χ2v) is 6.94. The van der Waals surface area contributed by atoms with Gasteiger partial charge in [-0.15, -0.1) is 0 Å². The van der Waals surface area contributed by atoms with Crippen molar-refractivity contribution in [2.24, 2.45) is 7.05 Å². The Morgan fingerprint density at radius 1 is 1.19 bits per heavy atom. The lowest BCUT2D eigenvalue weighted by Crippen LogP contribution is -2.30. The van der Waals surface area contributed by atoms with Gasteiger partial charge in [0, 0.05) is 25.0 Å². The summed E-state index contributed by atoms with van der Waals surface area (Å²) in [4.78, 5) is 0.254. The van der Waals surface area contributed by atoms with E-state index >= 15 is 0 Å². The van der Waals surface area contributed by atoms with Crippen LogP contribution in [0.1, 0.15) is 19.5 Å². The van der Waals surface area contributed by atoms with Crippen molar-refractivity contribution in [2.75, 3.05) is 5.32 Å². The summed E-state index contributed by atoms with van der Waals surface area (Å²) in [5, 5.41) is 7.46. The van der Waals surface area contributed by atoms with Crippen LogP contribution in [-0.4, -0.2) is 24.2 Å². The Morgan fingerprint density at radius 3 is 2.29 bits per heavy atom. The number of hydrogen-bond acceptors (Lipinski definition) is 4. The number of aromatic nitrogens is 2. The van der Waals surface area contributed by atoms with Gasteiger partial charge in [-0.05, 0) is 45.0 Å². The molecule has 0 amide bonds. The van der Waals surface area contributed by atoms with Crippen molar-refractivity contribution >= 4 is 21.4 Å². The average molecular weight is 308 g/mol. The van der Waals surface area contributed by atoms with Crippen molar-refractivity contribution in [1.29, 1.82) is 0 Å². The highest BCUT2D eigenvalue weighted by Crippen LogP contribution is 2.20. The molecule has 7 heteroatoms. The molecule has 114 valence electrons. The molecule has 0 aliphatic carbocycles. The largest absolute Gasteiger partial charge is 0.353 e. The molecule has 21 heavy (non-hydrogen) atoms. The lowest BCUT2D eigenvalue weighted by molar-refractivity contribution is 0.570. The minimum absolute atomic E-state index is 0.133. The Bertz CT molecular complexity index is 718. The minimum atomic E-state index is -3.45. The van der Waals surface area contributed by atoms with Crippen LogP contribution in [0.2, 0.25) is 0 Å². The Hall–Kier alpha value is -1.86. The molecule has 1 aromatic carbocycles. The molecule has 0 saturated carbocycles. The molecule has 0 bridgehead atoms. The maximum Gasteiger partial charge on any atom is 0.240 e. The lowest BCUT2D eigenvalue weighted by atomic mass is 10.3. The van der Waals surface area contributed by atoms with Gasteiger partial charge < -0.3 is 5.32 Å². The van der Waals surface area contributed by atoms with Gasteiger partial charge in [0.15, 0.2) is 0 Å². The summed E-state index contributed by atoms with van der Waals surface area (Å²) in [6, 6.07) is 6.51. The summed E-state index contributed by atoms with van der Waals surface area (Å²) in [7, 11) is -1.59. The van der Waals surface area contributed by atoms with Crippen LogP contribution in [0.25, 0.3) is 0 Å². The third kappa shape index (κ3) is 3.83. The summed E-state index contributed by atoms with van der Waals surface area (Å²) in [6.07, 6.45) is 1.88. The Labute approximate surface area is 125 Å². The van der Waals surface area contributed by atoms with E-state index in [2.05, 4.69) is 15.1 Å². The van der Waals surface area contributed by atoms with Crippen LogP contribution in [0.15, 0.2) is 35.4 Å². The van der Waals surface area contributed by atoms with Crippen molar-refractivity contribution in [3.8, 4) is 0 Å². The number of nitrogens with one attached hydrogen (secondary N) is 2. The Kier molecular flexibility index (Phi) is 4.34. The first-order valence-corrected chi connectivity index (χ1v) is 8.16. The first-order valence-electron chi connectivity index (χ1n) is 6.67. The first-order chi connectivity index (χ1) is 9.78. The number of benzene rings is 1. The average Bonchev–Trinajstić information content (AvgIpc) is 2.67. The van der Waals surface area contributed by atoms with Crippen molar-refractivity contribution < 1.29 is 8.42 Å². The monoisotopic (exact) mass is 308 g/mol. The summed E-state index contributed by atoms with van der Waals surface area (Å²) in [5.41, 5.74) is 2.60. The molecule has 2 N–H and O–H groups in total. The van der Waals surface area contributed by atoms with E-state index in [0.29, 0.717) is 0 Å². The van der Waals surface area contributed by atoms with E-state index in [9.17, 15) is 8.42 Å². The molecule has 2 aromatic rings. The van der Waals surface area contributed by atoms with E-state index in [4.69, 9.17) is 0 Å². The molecule has 6 nitrogen and oxygen atoms in total. The van der Waals surface area contributed by atoms with Crippen LogP contribution in [0, 0.1) is 6.92 Å². The summed E-state index contributed by atoms with van der Waals surface area (Å²) >= 11 is 0. The van der Waals surface area contributed by atoms with Crippen LogP contribution in [0.3, 0.4) is 0 Å². The van der Waals surface area contributed by atoms with Crippen LogP contribution < -0.4 is 10.0 Å². The van der Waals surface area contributed by atoms with E-state index in [1.165, 1.54) is 0 Å². The van der Waals surface area contributed by atoms with Gasteiger partial charge in [0.25, 0.3) is 0 Å². The zero-order chi connectivity index (χ0) is 15.6. The van der Waals surface area contributed by atoms with E-state index < -0.39 is 10.0 Å². The molecule has 0 aliphatic heterocycles. The third-order valence-corrected chi connectivity index (χ3v) is 4.52. The molecule has 0 aliphatic rings. The lowest BCUT2D eigenvalue weighted by Gasteiger charge is -2.10.